The van der Waals surface area contributed by atoms with Crippen LogP contribution in [0.1, 0.15) is 0 Å². The van der Waals surface area contributed by atoms with E-state index in [2.05, 4.69) is 25.5 Å². The fraction of sp³-hybridized carbons (Fsp3) is 0. The summed E-state index contributed by atoms with van der Waals surface area (Å²) < 4.78 is 0. The summed E-state index contributed by atoms with van der Waals surface area (Å²) in [6.07, 6.45) is 5.33. The van der Waals surface area contributed by atoms with Gasteiger partial charge < -0.3 is 5.32 Å². The van der Waals surface area contributed by atoms with E-state index in [4.69, 9.17) is 11.6 Å². The Bertz CT molecular complexity index is 980. The predicted octanol–water partition coefficient (Wildman–Crippen LogP) is 4.93. The van der Waals surface area contributed by atoms with Gasteiger partial charge in [0.1, 0.15) is 5.82 Å². The number of aromatic amines is 1. The second-order valence-corrected chi connectivity index (χ2v) is 5.87. The number of hydrogen-bond donors (Lipinski definition) is 2. The third-order valence-corrected chi connectivity index (χ3v) is 4.00. The summed E-state index contributed by atoms with van der Waals surface area (Å²) >= 11 is 5.92. The largest absolute Gasteiger partial charge is 0.340 e. The maximum Gasteiger partial charge on any atom is 0.130 e. The van der Waals surface area contributed by atoms with Crippen LogP contribution >= 0.6 is 11.6 Å². The van der Waals surface area contributed by atoms with Crippen LogP contribution in [0.15, 0.2) is 73.2 Å². The van der Waals surface area contributed by atoms with E-state index in [1.54, 1.807) is 18.6 Å². The molecule has 0 unspecified atom stereocenters. The quantitative estimate of drug-likeness (QED) is 0.549. The lowest BCUT2D eigenvalue weighted by atomic mass is 10.1. The third kappa shape index (κ3) is 3.36. The van der Waals surface area contributed by atoms with E-state index in [9.17, 15) is 0 Å². The fourth-order valence-corrected chi connectivity index (χ4v) is 2.68. The second-order valence-electron chi connectivity index (χ2n) is 5.44. The summed E-state index contributed by atoms with van der Waals surface area (Å²) in [6.45, 7) is 0. The lowest BCUT2D eigenvalue weighted by Crippen LogP contribution is -1.94. The summed E-state index contributed by atoms with van der Waals surface area (Å²) in [6, 6.07) is 17.2. The van der Waals surface area contributed by atoms with Crippen molar-refractivity contribution in [2.24, 2.45) is 0 Å². The van der Waals surface area contributed by atoms with Crippen molar-refractivity contribution in [3.05, 3.63) is 78.2 Å². The minimum absolute atomic E-state index is 0.700. The Morgan fingerprint density at radius 3 is 2.60 bits per heavy atom. The first-order chi connectivity index (χ1) is 12.3. The zero-order valence-corrected chi connectivity index (χ0v) is 13.9. The van der Waals surface area contributed by atoms with Crippen molar-refractivity contribution in [1.82, 2.24) is 20.2 Å². The van der Waals surface area contributed by atoms with Crippen molar-refractivity contribution in [3.63, 3.8) is 0 Å². The van der Waals surface area contributed by atoms with Crippen LogP contribution < -0.4 is 5.32 Å². The summed E-state index contributed by atoms with van der Waals surface area (Å²) in [5.41, 5.74) is 4.62. The van der Waals surface area contributed by atoms with Gasteiger partial charge >= 0.3 is 0 Å². The first-order valence-electron chi connectivity index (χ1n) is 7.73. The van der Waals surface area contributed by atoms with Gasteiger partial charge in [-0.25, -0.2) is 4.98 Å². The van der Waals surface area contributed by atoms with E-state index in [0.29, 0.717) is 5.02 Å². The van der Waals surface area contributed by atoms with Crippen molar-refractivity contribution in [2.45, 2.75) is 0 Å². The average molecular weight is 348 g/mol. The molecule has 0 saturated heterocycles. The number of halogens is 1. The Balaban J connectivity index is 1.67. The van der Waals surface area contributed by atoms with Gasteiger partial charge in [0.05, 0.1) is 17.6 Å². The van der Waals surface area contributed by atoms with Gasteiger partial charge in [-0.1, -0.05) is 17.7 Å². The molecule has 0 radical (unpaired) electrons. The van der Waals surface area contributed by atoms with Crippen molar-refractivity contribution in [3.8, 4) is 22.5 Å². The first-order valence-corrected chi connectivity index (χ1v) is 8.11. The molecule has 122 valence electrons. The molecule has 0 aliphatic rings. The normalized spacial score (nSPS) is 10.6. The fourth-order valence-electron chi connectivity index (χ4n) is 2.56. The molecular formula is C19H14ClN5. The van der Waals surface area contributed by atoms with Crippen LogP contribution in [0.5, 0.6) is 0 Å². The highest BCUT2D eigenvalue weighted by Gasteiger charge is 2.11. The SMILES string of the molecule is Clc1ccc(Nc2cc(-c3cn[nH]c3-c3ccccn3)ccn2)cc1. The molecule has 4 rings (SSSR count). The Labute approximate surface area is 149 Å². The first kappa shape index (κ1) is 15.4. The highest BCUT2D eigenvalue weighted by molar-refractivity contribution is 6.30. The zero-order valence-electron chi connectivity index (χ0n) is 13.1. The zero-order chi connectivity index (χ0) is 17.1. The number of rotatable bonds is 4. The molecule has 1 aromatic carbocycles. The van der Waals surface area contributed by atoms with Crippen LogP contribution in [-0.2, 0) is 0 Å². The molecule has 0 spiro atoms. The van der Waals surface area contributed by atoms with Crippen LogP contribution in [0.4, 0.5) is 11.5 Å². The van der Waals surface area contributed by atoms with Crippen LogP contribution in [0.2, 0.25) is 5.02 Å². The molecule has 0 amide bonds. The Kier molecular flexibility index (Phi) is 4.14. The summed E-state index contributed by atoms with van der Waals surface area (Å²) in [7, 11) is 0. The standard InChI is InChI=1S/C19H14ClN5/c20-14-4-6-15(7-5-14)24-18-11-13(8-10-22-18)16-12-23-25-19(16)17-3-1-2-9-21-17/h1-12H,(H,22,24)(H,23,25). The van der Waals surface area contributed by atoms with E-state index < -0.39 is 0 Å². The van der Waals surface area contributed by atoms with Crippen LogP contribution in [-0.4, -0.2) is 20.2 Å². The summed E-state index contributed by atoms with van der Waals surface area (Å²) in [5, 5.41) is 11.2. The van der Waals surface area contributed by atoms with Gasteiger partial charge in [-0.2, -0.15) is 5.10 Å². The molecule has 4 aromatic rings. The second kappa shape index (κ2) is 6.75. The maximum absolute atomic E-state index is 5.92. The molecule has 0 fully saturated rings. The predicted molar refractivity (Wildman–Crippen MR) is 99.8 cm³/mol. The number of H-pyrrole nitrogens is 1. The number of pyridine rings is 2. The van der Waals surface area contributed by atoms with Crippen molar-refractivity contribution in [1.29, 1.82) is 0 Å². The number of anilines is 2. The number of nitrogens with one attached hydrogen (secondary N) is 2. The highest BCUT2D eigenvalue weighted by atomic mass is 35.5. The van der Waals surface area contributed by atoms with E-state index >= 15 is 0 Å². The maximum atomic E-state index is 5.92. The van der Waals surface area contributed by atoms with Crippen molar-refractivity contribution >= 4 is 23.1 Å². The van der Waals surface area contributed by atoms with Gasteiger partial charge in [-0.15, -0.1) is 0 Å². The van der Waals surface area contributed by atoms with Crippen LogP contribution in [0.3, 0.4) is 0 Å². The molecule has 0 aliphatic heterocycles. The smallest absolute Gasteiger partial charge is 0.130 e. The van der Waals surface area contributed by atoms with Gasteiger partial charge in [0, 0.05) is 28.7 Å². The molecule has 0 aliphatic carbocycles. The van der Waals surface area contributed by atoms with E-state index in [1.165, 1.54) is 0 Å². The molecule has 6 heteroatoms. The van der Waals surface area contributed by atoms with Crippen molar-refractivity contribution < 1.29 is 0 Å². The molecule has 3 aromatic heterocycles. The molecule has 3 heterocycles. The van der Waals surface area contributed by atoms with E-state index in [0.717, 1.165) is 34.0 Å². The van der Waals surface area contributed by atoms with E-state index in [-0.39, 0.29) is 0 Å². The highest BCUT2D eigenvalue weighted by Crippen LogP contribution is 2.30. The van der Waals surface area contributed by atoms with Crippen LogP contribution in [0, 0.1) is 0 Å². The third-order valence-electron chi connectivity index (χ3n) is 3.75. The molecule has 25 heavy (non-hydrogen) atoms. The Morgan fingerprint density at radius 1 is 0.920 bits per heavy atom. The van der Waals surface area contributed by atoms with Gasteiger partial charge in [0.2, 0.25) is 0 Å². The molecule has 0 saturated carbocycles. The lowest BCUT2D eigenvalue weighted by molar-refractivity contribution is 1.09. The number of nitrogens with zero attached hydrogens (tertiary/aromatic N) is 3. The number of benzene rings is 1. The molecule has 2 N–H and O–H groups in total. The lowest BCUT2D eigenvalue weighted by Gasteiger charge is -2.08. The molecule has 0 bridgehead atoms. The van der Waals surface area contributed by atoms with Gasteiger partial charge in [0.25, 0.3) is 0 Å². The van der Waals surface area contributed by atoms with Gasteiger partial charge in [-0.05, 0) is 54.1 Å². The summed E-state index contributed by atoms with van der Waals surface area (Å²) in [4.78, 5) is 8.77. The van der Waals surface area contributed by atoms with Gasteiger partial charge in [0.15, 0.2) is 0 Å². The van der Waals surface area contributed by atoms with Gasteiger partial charge in [-0.3, -0.25) is 10.1 Å². The minimum Gasteiger partial charge on any atom is -0.340 e. The summed E-state index contributed by atoms with van der Waals surface area (Å²) in [5.74, 6) is 0.744. The molecular weight excluding hydrogens is 334 g/mol. The monoisotopic (exact) mass is 347 g/mol. The minimum atomic E-state index is 0.700. The van der Waals surface area contributed by atoms with Crippen LogP contribution in [0.25, 0.3) is 22.5 Å². The number of aromatic nitrogens is 4. The number of hydrogen-bond acceptors (Lipinski definition) is 4. The topological polar surface area (TPSA) is 66.5 Å². The molecule has 5 nitrogen and oxygen atoms in total. The van der Waals surface area contributed by atoms with E-state index in [1.807, 2.05) is 54.6 Å². The molecule has 0 atom stereocenters. The average Bonchev–Trinajstić information content (AvgIpc) is 3.15. The Morgan fingerprint density at radius 2 is 1.80 bits per heavy atom. The van der Waals surface area contributed by atoms with Crippen molar-refractivity contribution in [2.75, 3.05) is 5.32 Å². The Hall–Kier alpha value is -3.18.